The van der Waals surface area contributed by atoms with Crippen LogP contribution < -0.4 is 0 Å². The standard InChI is InChI=1S/C14H9N7O2S3/c1-8-11(26-19-16-8)12-17-18-13(20(12)9-5-3-2-4-6-9)25-14-15-7-10(24-14)21(22)23/h2-7H,1H3. The van der Waals surface area contributed by atoms with Gasteiger partial charge < -0.3 is 0 Å². The molecule has 0 atom stereocenters. The van der Waals surface area contributed by atoms with Gasteiger partial charge in [0.1, 0.15) is 11.1 Å². The molecule has 0 fully saturated rings. The number of hydrogen-bond donors (Lipinski definition) is 0. The highest BCUT2D eigenvalue weighted by atomic mass is 32.2. The molecule has 130 valence electrons. The van der Waals surface area contributed by atoms with E-state index in [9.17, 15) is 10.1 Å². The average molecular weight is 403 g/mol. The van der Waals surface area contributed by atoms with Crippen LogP contribution in [0.3, 0.4) is 0 Å². The van der Waals surface area contributed by atoms with Gasteiger partial charge in [0, 0.05) is 5.69 Å². The van der Waals surface area contributed by atoms with Gasteiger partial charge >= 0.3 is 5.00 Å². The van der Waals surface area contributed by atoms with Gasteiger partial charge in [-0.25, -0.2) is 4.98 Å². The second-order valence-electron chi connectivity index (χ2n) is 4.99. The van der Waals surface area contributed by atoms with Gasteiger partial charge in [0.2, 0.25) is 5.16 Å². The molecule has 0 aliphatic heterocycles. The number of rotatable bonds is 5. The van der Waals surface area contributed by atoms with E-state index in [2.05, 4.69) is 24.8 Å². The normalized spacial score (nSPS) is 11.0. The van der Waals surface area contributed by atoms with Crippen LogP contribution in [0.4, 0.5) is 5.00 Å². The van der Waals surface area contributed by atoms with Crippen LogP contribution in [0.5, 0.6) is 0 Å². The molecule has 0 bridgehead atoms. The molecule has 26 heavy (non-hydrogen) atoms. The van der Waals surface area contributed by atoms with Gasteiger partial charge in [-0.15, -0.1) is 15.3 Å². The Kier molecular flexibility index (Phi) is 4.44. The molecule has 0 spiro atoms. The molecule has 9 nitrogen and oxygen atoms in total. The summed E-state index contributed by atoms with van der Waals surface area (Å²) >= 11 is 3.47. The number of thiazole rings is 1. The monoisotopic (exact) mass is 403 g/mol. The number of benzene rings is 1. The number of nitrogens with zero attached hydrogens (tertiary/aromatic N) is 7. The lowest BCUT2D eigenvalue weighted by Crippen LogP contribution is -1.99. The lowest BCUT2D eigenvalue weighted by Gasteiger charge is -2.08. The van der Waals surface area contributed by atoms with E-state index < -0.39 is 4.92 Å². The van der Waals surface area contributed by atoms with Crippen molar-refractivity contribution < 1.29 is 4.92 Å². The predicted octanol–water partition coefficient (Wildman–Crippen LogP) is 3.61. The molecular weight excluding hydrogens is 394 g/mol. The van der Waals surface area contributed by atoms with Gasteiger partial charge in [0.15, 0.2) is 10.2 Å². The first kappa shape index (κ1) is 16.8. The summed E-state index contributed by atoms with van der Waals surface area (Å²) in [6.07, 6.45) is 1.24. The van der Waals surface area contributed by atoms with Crippen LogP contribution in [-0.4, -0.2) is 34.3 Å². The fourth-order valence-corrected chi connectivity index (χ4v) is 4.56. The van der Waals surface area contributed by atoms with Gasteiger partial charge in [-0.05, 0) is 53.7 Å². The summed E-state index contributed by atoms with van der Waals surface area (Å²) in [6.45, 7) is 1.86. The van der Waals surface area contributed by atoms with E-state index in [1.807, 2.05) is 41.8 Å². The first-order valence-electron chi connectivity index (χ1n) is 7.21. The Morgan fingerprint density at radius 1 is 1.19 bits per heavy atom. The lowest BCUT2D eigenvalue weighted by molar-refractivity contribution is -0.380. The third kappa shape index (κ3) is 3.09. The van der Waals surface area contributed by atoms with E-state index in [0.717, 1.165) is 27.6 Å². The van der Waals surface area contributed by atoms with Crippen molar-refractivity contribution in [3.05, 3.63) is 52.3 Å². The molecule has 0 N–H and O–H groups in total. The Labute approximate surface area is 159 Å². The van der Waals surface area contributed by atoms with Crippen LogP contribution in [0.25, 0.3) is 16.4 Å². The van der Waals surface area contributed by atoms with Crippen molar-refractivity contribution in [2.24, 2.45) is 0 Å². The maximum atomic E-state index is 10.9. The van der Waals surface area contributed by atoms with E-state index in [-0.39, 0.29) is 5.00 Å². The molecule has 0 unspecified atom stereocenters. The zero-order chi connectivity index (χ0) is 18.1. The number of hydrogen-bond acceptors (Lipinski definition) is 10. The summed E-state index contributed by atoms with van der Waals surface area (Å²) in [5.41, 5.74) is 1.63. The quantitative estimate of drug-likeness (QED) is 0.367. The van der Waals surface area contributed by atoms with Gasteiger partial charge in [0.25, 0.3) is 0 Å². The van der Waals surface area contributed by atoms with Gasteiger partial charge in [-0.1, -0.05) is 22.7 Å². The highest BCUT2D eigenvalue weighted by Crippen LogP contribution is 2.37. The van der Waals surface area contributed by atoms with Crippen molar-refractivity contribution in [3.8, 4) is 16.4 Å². The summed E-state index contributed by atoms with van der Waals surface area (Å²) in [6, 6.07) is 9.62. The smallest absolute Gasteiger partial charge is 0.269 e. The Morgan fingerprint density at radius 3 is 2.65 bits per heavy atom. The molecule has 0 amide bonds. The molecule has 3 heterocycles. The van der Waals surface area contributed by atoms with E-state index in [1.54, 1.807) is 0 Å². The van der Waals surface area contributed by atoms with Crippen LogP contribution in [-0.2, 0) is 0 Å². The van der Waals surface area contributed by atoms with E-state index >= 15 is 0 Å². The molecule has 0 saturated heterocycles. The van der Waals surface area contributed by atoms with Crippen molar-refractivity contribution >= 4 is 39.6 Å². The molecule has 0 radical (unpaired) electrons. The van der Waals surface area contributed by atoms with Crippen LogP contribution in [0.2, 0.25) is 0 Å². The van der Waals surface area contributed by atoms with Crippen LogP contribution >= 0.6 is 34.6 Å². The molecule has 0 aliphatic carbocycles. The maximum Gasteiger partial charge on any atom is 0.344 e. The fourth-order valence-electron chi connectivity index (χ4n) is 2.19. The Morgan fingerprint density at radius 2 is 2.00 bits per heavy atom. The van der Waals surface area contributed by atoms with Gasteiger partial charge in [-0.3, -0.25) is 14.7 Å². The van der Waals surface area contributed by atoms with Crippen LogP contribution in [0.1, 0.15) is 5.69 Å². The topological polar surface area (TPSA) is 113 Å². The number of nitro groups is 1. The van der Waals surface area contributed by atoms with Gasteiger partial charge in [0.05, 0.1) is 10.6 Å². The number of aromatic nitrogens is 6. The molecular formula is C14H9N7O2S3. The summed E-state index contributed by atoms with van der Waals surface area (Å²) in [7, 11) is 0. The van der Waals surface area contributed by atoms with Crippen LogP contribution in [0.15, 0.2) is 46.0 Å². The summed E-state index contributed by atoms with van der Waals surface area (Å²) in [5, 5.41) is 24.0. The number of para-hydroxylation sites is 1. The Hall–Kier alpha value is -2.70. The zero-order valence-corrected chi connectivity index (χ0v) is 15.6. The zero-order valence-electron chi connectivity index (χ0n) is 13.1. The van der Waals surface area contributed by atoms with Crippen molar-refractivity contribution in [3.63, 3.8) is 0 Å². The Balaban J connectivity index is 1.81. The average Bonchev–Trinajstić information content (AvgIpc) is 3.36. The van der Waals surface area contributed by atoms with Gasteiger partial charge in [-0.2, -0.15) is 0 Å². The molecule has 0 aliphatic rings. The molecule has 4 rings (SSSR count). The summed E-state index contributed by atoms with van der Waals surface area (Å²) < 4.78 is 6.36. The summed E-state index contributed by atoms with van der Waals surface area (Å²) in [4.78, 5) is 15.3. The molecule has 1 aromatic carbocycles. The molecule has 0 saturated carbocycles. The Bertz CT molecular complexity index is 1070. The fraction of sp³-hybridized carbons (Fsp3) is 0.0714. The van der Waals surface area contributed by atoms with E-state index in [4.69, 9.17) is 0 Å². The molecule has 12 heteroatoms. The first-order chi connectivity index (χ1) is 12.6. The van der Waals surface area contributed by atoms with Crippen molar-refractivity contribution in [1.29, 1.82) is 0 Å². The van der Waals surface area contributed by atoms with Crippen molar-refractivity contribution in [1.82, 2.24) is 29.3 Å². The lowest BCUT2D eigenvalue weighted by atomic mass is 10.3. The number of aryl methyl sites for hydroxylation is 1. The minimum absolute atomic E-state index is 0.0130. The minimum atomic E-state index is -0.457. The van der Waals surface area contributed by atoms with Crippen molar-refractivity contribution in [2.45, 2.75) is 16.4 Å². The third-order valence-electron chi connectivity index (χ3n) is 3.33. The van der Waals surface area contributed by atoms with Crippen LogP contribution in [0, 0.1) is 17.0 Å². The van der Waals surface area contributed by atoms with E-state index in [1.165, 1.54) is 29.5 Å². The second-order valence-corrected chi connectivity index (χ2v) is 7.97. The summed E-state index contributed by atoms with van der Waals surface area (Å²) in [5.74, 6) is 0.622. The largest absolute Gasteiger partial charge is 0.344 e. The highest BCUT2D eigenvalue weighted by molar-refractivity contribution is 8.01. The van der Waals surface area contributed by atoms with Crippen molar-refractivity contribution in [2.75, 3.05) is 0 Å². The predicted molar refractivity (Wildman–Crippen MR) is 97.9 cm³/mol. The molecule has 3 aromatic heterocycles. The highest BCUT2D eigenvalue weighted by Gasteiger charge is 2.22. The van der Waals surface area contributed by atoms with E-state index in [0.29, 0.717) is 15.3 Å². The first-order valence-corrected chi connectivity index (χ1v) is 9.62. The second kappa shape index (κ2) is 6.90. The SMILES string of the molecule is Cc1nnsc1-c1nnc(Sc2ncc([N+](=O)[O-])s2)n1-c1ccccc1. The maximum absolute atomic E-state index is 10.9. The minimum Gasteiger partial charge on any atom is -0.269 e. The molecule has 4 aromatic rings. The third-order valence-corrected chi connectivity index (χ3v) is 6.13.